The molecule has 4 heteroatoms. The highest BCUT2D eigenvalue weighted by Gasteiger charge is 2.20. The van der Waals surface area contributed by atoms with E-state index in [-0.39, 0.29) is 17.9 Å². The van der Waals surface area contributed by atoms with Gasteiger partial charge in [0.05, 0.1) is 0 Å². The van der Waals surface area contributed by atoms with E-state index in [1.54, 1.807) is 19.1 Å². The van der Waals surface area contributed by atoms with Crippen molar-refractivity contribution in [3.63, 3.8) is 0 Å². The molecule has 0 heterocycles. The number of carbonyl (C=O) groups excluding carboxylic acids is 2. The summed E-state index contributed by atoms with van der Waals surface area (Å²) < 4.78 is 0. The predicted octanol–water partition coefficient (Wildman–Crippen LogP) is 3.03. The number of carbonyl (C=O) groups is 2. The Bertz CT molecular complexity index is 479. The molecule has 22 heavy (non-hydrogen) atoms. The first kappa shape index (κ1) is 16.5. The molecule has 0 saturated heterocycles. The fourth-order valence-electron chi connectivity index (χ4n) is 2.86. The molecular formula is C18H26N2O2. The van der Waals surface area contributed by atoms with E-state index in [9.17, 15) is 9.59 Å². The van der Waals surface area contributed by atoms with Gasteiger partial charge in [0.15, 0.2) is 0 Å². The predicted molar refractivity (Wildman–Crippen MR) is 87.6 cm³/mol. The summed E-state index contributed by atoms with van der Waals surface area (Å²) in [6.45, 7) is 1.74. The maximum atomic E-state index is 12.3. The van der Waals surface area contributed by atoms with Crippen LogP contribution < -0.4 is 10.6 Å². The molecule has 0 spiro atoms. The van der Waals surface area contributed by atoms with Crippen molar-refractivity contribution in [1.29, 1.82) is 0 Å². The van der Waals surface area contributed by atoms with Crippen molar-refractivity contribution in [3.05, 3.63) is 35.9 Å². The summed E-state index contributed by atoms with van der Waals surface area (Å²) in [5, 5.41) is 5.85. The van der Waals surface area contributed by atoms with E-state index in [1.165, 1.54) is 32.1 Å². The van der Waals surface area contributed by atoms with Crippen LogP contribution in [0, 0.1) is 0 Å². The van der Waals surface area contributed by atoms with Crippen molar-refractivity contribution in [1.82, 2.24) is 10.6 Å². The first-order valence-electron chi connectivity index (χ1n) is 8.33. The zero-order valence-corrected chi connectivity index (χ0v) is 13.3. The molecule has 1 aromatic carbocycles. The Kier molecular flexibility index (Phi) is 6.44. The van der Waals surface area contributed by atoms with Gasteiger partial charge in [-0.05, 0) is 31.9 Å². The Labute approximate surface area is 132 Å². The number of rotatable bonds is 4. The molecule has 1 aliphatic rings. The maximum absolute atomic E-state index is 12.3. The van der Waals surface area contributed by atoms with E-state index in [1.807, 2.05) is 18.2 Å². The Hall–Kier alpha value is -1.84. The second-order valence-corrected chi connectivity index (χ2v) is 6.11. The highest BCUT2D eigenvalue weighted by molar-refractivity contribution is 5.97. The van der Waals surface area contributed by atoms with Crippen molar-refractivity contribution in [2.24, 2.45) is 0 Å². The van der Waals surface area contributed by atoms with Crippen LogP contribution in [0.3, 0.4) is 0 Å². The fourth-order valence-corrected chi connectivity index (χ4v) is 2.86. The quantitative estimate of drug-likeness (QED) is 0.898. The summed E-state index contributed by atoms with van der Waals surface area (Å²) in [4.78, 5) is 24.3. The molecule has 2 amide bonds. The number of benzene rings is 1. The number of hydrogen-bond acceptors (Lipinski definition) is 2. The van der Waals surface area contributed by atoms with Crippen molar-refractivity contribution in [2.75, 3.05) is 0 Å². The fraction of sp³-hybridized carbons (Fsp3) is 0.556. The number of amides is 2. The molecule has 2 rings (SSSR count). The summed E-state index contributed by atoms with van der Waals surface area (Å²) in [5.74, 6) is -0.296. The summed E-state index contributed by atoms with van der Waals surface area (Å²) in [6, 6.07) is 8.72. The average Bonchev–Trinajstić information content (AvgIpc) is 2.50. The summed E-state index contributed by atoms with van der Waals surface area (Å²) >= 11 is 0. The van der Waals surface area contributed by atoms with Crippen LogP contribution in [0.15, 0.2) is 30.3 Å². The van der Waals surface area contributed by atoms with Crippen LogP contribution in [0.1, 0.15) is 62.2 Å². The van der Waals surface area contributed by atoms with Crippen molar-refractivity contribution in [2.45, 2.75) is 64.0 Å². The van der Waals surface area contributed by atoms with E-state index < -0.39 is 6.04 Å². The third-order valence-electron chi connectivity index (χ3n) is 4.23. The smallest absolute Gasteiger partial charge is 0.251 e. The van der Waals surface area contributed by atoms with Gasteiger partial charge in [-0.15, -0.1) is 0 Å². The monoisotopic (exact) mass is 302 g/mol. The van der Waals surface area contributed by atoms with Gasteiger partial charge in [-0.3, -0.25) is 9.59 Å². The first-order chi connectivity index (χ1) is 10.7. The van der Waals surface area contributed by atoms with Gasteiger partial charge in [0.1, 0.15) is 6.04 Å². The van der Waals surface area contributed by atoms with E-state index in [2.05, 4.69) is 10.6 Å². The molecule has 1 unspecified atom stereocenters. The van der Waals surface area contributed by atoms with E-state index in [0.29, 0.717) is 5.56 Å². The lowest BCUT2D eigenvalue weighted by molar-refractivity contribution is -0.123. The molecule has 0 radical (unpaired) electrons. The van der Waals surface area contributed by atoms with Crippen molar-refractivity contribution >= 4 is 11.8 Å². The Balaban J connectivity index is 1.82. The van der Waals surface area contributed by atoms with Gasteiger partial charge in [0.25, 0.3) is 5.91 Å². The molecule has 1 aromatic rings. The van der Waals surface area contributed by atoms with E-state index in [4.69, 9.17) is 0 Å². The van der Waals surface area contributed by atoms with Crippen LogP contribution in [0.4, 0.5) is 0 Å². The minimum atomic E-state index is -0.516. The normalized spacial score (nSPS) is 17.9. The van der Waals surface area contributed by atoms with Crippen LogP contribution in [-0.4, -0.2) is 23.9 Å². The van der Waals surface area contributed by atoms with Crippen LogP contribution in [0.5, 0.6) is 0 Å². The lowest BCUT2D eigenvalue weighted by Crippen LogP contribution is -2.48. The minimum Gasteiger partial charge on any atom is -0.352 e. The zero-order chi connectivity index (χ0) is 15.8. The lowest BCUT2D eigenvalue weighted by atomic mass is 9.96. The first-order valence-corrected chi connectivity index (χ1v) is 8.33. The Morgan fingerprint density at radius 2 is 1.59 bits per heavy atom. The van der Waals surface area contributed by atoms with Crippen molar-refractivity contribution in [3.8, 4) is 0 Å². The van der Waals surface area contributed by atoms with Crippen molar-refractivity contribution < 1.29 is 9.59 Å². The van der Waals surface area contributed by atoms with Gasteiger partial charge in [0, 0.05) is 11.6 Å². The topological polar surface area (TPSA) is 58.2 Å². The molecular weight excluding hydrogens is 276 g/mol. The van der Waals surface area contributed by atoms with Crippen LogP contribution >= 0.6 is 0 Å². The van der Waals surface area contributed by atoms with Crippen LogP contribution in [-0.2, 0) is 4.79 Å². The SMILES string of the molecule is CC(NC(=O)c1ccccc1)C(=O)NC1CCCCCCC1. The summed E-state index contributed by atoms with van der Waals surface area (Å²) in [7, 11) is 0. The summed E-state index contributed by atoms with van der Waals surface area (Å²) in [6.07, 6.45) is 8.27. The van der Waals surface area contributed by atoms with Gasteiger partial charge in [-0.25, -0.2) is 0 Å². The van der Waals surface area contributed by atoms with Gasteiger partial charge in [0.2, 0.25) is 5.91 Å². The third kappa shape index (κ3) is 5.17. The van der Waals surface area contributed by atoms with E-state index >= 15 is 0 Å². The van der Waals surface area contributed by atoms with Gasteiger partial charge >= 0.3 is 0 Å². The highest BCUT2D eigenvalue weighted by Crippen LogP contribution is 2.17. The number of nitrogens with one attached hydrogen (secondary N) is 2. The Morgan fingerprint density at radius 1 is 1.00 bits per heavy atom. The maximum Gasteiger partial charge on any atom is 0.251 e. The molecule has 1 atom stereocenters. The highest BCUT2D eigenvalue weighted by atomic mass is 16.2. The average molecular weight is 302 g/mol. The van der Waals surface area contributed by atoms with Gasteiger partial charge in [-0.1, -0.05) is 50.3 Å². The molecule has 1 saturated carbocycles. The Morgan fingerprint density at radius 3 is 2.23 bits per heavy atom. The van der Waals surface area contributed by atoms with Gasteiger partial charge in [-0.2, -0.15) is 0 Å². The number of hydrogen-bond donors (Lipinski definition) is 2. The second-order valence-electron chi connectivity index (χ2n) is 6.11. The van der Waals surface area contributed by atoms with Gasteiger partial charge < -0.3 is 10.6 Å². The zero-order valence-electron chi connectivity index (χ0n) is 13.3. The summed E-state index contributed by atoms with van der Waals surface area (Å²) in [5.41, 5.74) is 0.577. The van der Waals surface area contributed by atoms with E-state index in [0.717, 1.165) is 12.8 Å². The molecule has 0 bridgehead atoms. The third-order valence-corrected chi connectivity index (χ3v) is 4.23. The minimum absolute atomic E-state index is 0.0881. The molecule has 1 fully saturated rings. The standard InChI is InChI=1S/C18H26N2O2/c1-14(19-18(22)15-10-6-5-7-11-15)17(21)20-16-12-8-3-2-4-9-13-16/h5-7,10-11,14,16H,2-4,8-9,12-13H2,1H3,(H,19,22)(H,20,21). The largest absolute Gasteiger partial charge is 0.352 e. The molecule has 4 nitrogen and oxygen atoms in total. The molecule has 0 aromatic heterocycles. The van der Waals surface area contributed by atoms with Crippen LogP contribution in [0.25, 0.3) is 0 Å². The second kappa shape index (κ2) is 8.57. The molecule has 2 N–H and O–H groups in total. The lowest BCUT2D eigenvalue weighted by Gasteiger charge is -2.23. The molecule has 120 valence electrons. The molecule has 1 aliphatic carbocycles. The molecule has 0 aliphatic heterocycles. The van der Waals surface area contributed by atoms with Crippen LogP contribution in [0.2, 0.25) is 0 Å².